The lowest BCUT2D eigenvalue weighted by Gasteiger charge is -2.14. The van der Waals surface area contributed by atoms with Crippen LogP contribution in [0.25, 0.3) is 0 Å². The molecule has 0 amide bonds. The van der Waals surface area contributed by atoms with E-state index >= 15 is 0 Å². The van der Waals surface area contributed by atoms with Crippen LogP contribution in [0.15, 0.2) is 36.5 Å². The fourth-order valence-electron chi connectivity index (χ4n) is 1.91. The summed E-state index contributed by atoms with van der Waals surface area (Å²) >= 11 is 0. The number of benzene rings is 1. The van der Waals surface area contributed by atoms with Gasteiger partial charge in [-0.05, 0) is 37.1 Å². The lowest BCUT2D eigenvalue weighted by atomic mass is 9.97. The Morgan fingerprint density at radius 2 is 1.94 bits per heavy atom. The van der Waals surface area contributed by atoms with E-state index in [2.05, 4.69) is 11.1 Å². The van der Waals surface area contributed by atoms with Gasteiger partial charge in [0.25, 0.3) is 0 Å². The minimum absolute atomic E-state index is 0.309. The molecular weight excluding hydrogens is 215 g/mol. The van der Waals surface area contributed by atoms with Crippen LogP contribution < -0.4 is 5.73 Å². The maximum absolute atomic E-state index is 12.8. The van der Waals surface area contributed by atoms with Gasteiger partial charge < -0.3 is 5.73 Å². The van der Waals surface area contributed by atoms with E-state index in [0.717, 1.165) is 11.1 Å². The molecular formula is C14H15FN2. The second-order valence-corrected chi connectivity index (χ2v) is 4.24. The van der Waals surface area contributed by atoms with Gasteiger partial charge in [-0.25, -0.2) is 4.39 Å². The topological polar surface area (TPSA) is 38.9 Å². The molecule has 0 aliphatic carbocycles. The van der Waals surface area contributed by atoms with Crippen molar-refractivity contribution in [2.24, 2.45) is 5.73 Å². The van der Waals surface area contributed by atoms with E-state index in [-0.39, 0.29) is 11.9 Å². The lowest BCUT2D eigenvalue weighted by Crippen LogP contribution is -2.14. The highest BCUT2D eigenvalue weighted by Crippen LogP contribution is 2.22. The number of nitrogens with zero attached hydrogens (tertiary/aromatic N) is 1. The van der Waals surface area contributed by atoms with Gasteiger partial charge in [-0.15, -0.1) is 0 Å². The summed E-state index contributed by atoms with van der Waals surface area (Å²) in [5.74, 6) is -0.346. The summed E-state index contributed by atoms with van der Waals surface area (Å²) in [6.45, 7) is 4.06. The summed E-state index contributed by atoms with van der Waals surface area (Å²) < 4.78 is 12.8. The van der Waals surface area contributed by atoms with Crippen LogP contribution in [-0.4, -0.2) is 4.98 Å². The van der Waals surface area contributed by atoms with Crippen molar-refractivity contribution in [2.75, 3.05) is 0 Å². The van der Waals surface area contributed by atoms with Crippen molar-refractivity contribution in [1.82, 2.24) is 4.98 Å². The average molecular weight is 230 g/mol. The van der Waals surface area contributed by atoms with Crippen LogP contribution in [0.5, 0.6) is 0 Å². The maximum atomic E-state index is 12.8. The summed E-state index contributed by atoms with van der Waals surface area (Å²) in [6, 6.07) is 8.80. The van der Waals surface area contributed by atoms with E-state index < -0.39 is 0 Å². The molecule has 2 nitrogen and oxygen atoms in total. The molecule has 0 radical (unpaired) electrons. The monoisotopic (exact) mass is 230 g/mol. The average Bonchev–Trinajstić information content (AvgIpc) is 2.29. The van der Waals surface area contributed by atoms with E-state index in [0.29, 0.717) is 5.69 Å². The van der Waals surface area contributed by atoms with Crippen LogP contribution in [0.2, 0.25) is 0 Å². The molecule has 0 aliphatic rings. The predicted octanol–water partition coefficient (Wildman–Crippen LogP) is 2.89. The Morgan fingerprint density at radius 1 is 1.18 bits per heavy atom. The van der Waals surface area contributed by atoms with E-state index in [1.165, 1.54) is 17.8 Å². The highest BCUT2D eigenvalue weighted by molar-refractivity contribution is 5.36. The smallest absolute Gasteiger partial charge is 0.141 e. The number of aromatic nitrogens is 1. The summed E-state index contributed by atoms with van der Waals surface area (Å²) in [5, 5.41) is 0. The number of halogens is 1. The van der Waals surface area contributed by atoms with Gasteiger partial charge in [0.15, 0.2) is 0 Å². The van der Waals surface area contributed by atoms with Crippen LogP contribution in [0.1, 0.15) is 28.4 Å². The molecule has 88 valence electrons. The second-order valence-electron chi connectivity index (χ2n) is 4.24. The summed E-state index contributed by atoms with van der Waals surface area (Å²) in [6.07, 6.45) is 1.19. The first-order valence-electron chi connectivity index (χ1n) is 5.52. The van der Waals surface area contributed by atoms with E-state index in [4.69, 9.17) is 5.73 Å². The van der Waals surface area contributed by atoms with Gasteiger partial charge >= 0.3 is 0 Å². The Hall–Kier alpha value is -1.74. The molecule has 1 atom stereocenters. The van der Waals surface area contributed by atoms with Crippen LogP contribution in [0.4, 0.5) is 4.39 Å². The molecule has 0 spiro atoms. The van der Waals surface area contributed by atoms with Crippen molar-refractivity contribution in [3.05, 3.63) is 64.7 Å². The molecule has 1 heterocycles. The fourth-order valence-corrected chi connectivity index (χ4v) is 1.91. The van der Waals surface area contributed by atoms with E-state index in [1.54, 1.807) is 6.07 Å². The van der Waals surface area contributed by atoms with Gasteiger partial charge in [-0.3, -0.25) is 4.98 Å². The SMILES string of the molecule is Cc1ccc(C(N)c2ccc(F)cn2)c(C)c1. The van der Waals surface area contributed by atoms with Gasteiger partial charge in [0.05, 0.1) is 17.9 Å². The quantitative estimate of drug-likeness (QED) is 0.861. The largest absolute Gasteiger partial charge is 0.319 e. The third-order valence-electron chi connectivity index (χ3n) is 2.83. The standard InChI is InChI=1S/C14H15FN2/c1-9-3-5-12(10(2)7-9)14(16)13-6-4-11(15)8-17-13/h3-8,14H,16H2,1-2H3. The minimum atomic E-state index is -0.346. The highest BCUT2D eigenvalue weighted by Gasteiger charge is 2.12. The molecule has 1 aromatic carbocycles. The Morgan fingerprint density at radius 3 is 2.53 bits per heavy atom. The number of hydrogen-bond acceptors (Lipinski definition) is 2. The zero-order chi connectivity index (χ0) is 12.4. The highest BCUT2D eigenvalue weighted by atomic mass is 19.1. The molecule has 0 bridgehead atoms. The summed E-state index contributed by atoms with van der Waals surface area (Å²) in [4.78, 5) is 4.02. The maximum Gasteiger partial charge on any atom is 0.141 e. The molecule has 17 heavy (non-hydrogen) atoms. The molecule has 2 rings (SSSR count). The van der Waals surface area contributed by atoms with Crippen LogP contribution in [0.3, 0.4) is 0 Å². The van der Waals surface area contributed by atoms with Gasteiger partial charge in [-0.2, -0.15) is 0 Å². The Balaban J connectivity index is 2.36. The third-order valence-corrected chi connectivity index (χ3v) is 2.83. The minimum Gasteiger partial charge on any atom is -0.319 e. The first-order chi connectivity index (χ1) is 8.08. The van der Waals surface area contributed by atoms with Crippen molar-refractivity contribution >= 4 is 0 Å². The number of hydrogen-bond donors (Lipinski definition) is 1. The van der Waals surface area contributed by atoms with Crippen molar-refractivity contribution in [3.8, 4) is 0 Å². The first kappa shape index (κ1) is 11.7. The molecule has 0 saturated heterocycles. The molecule has 2 N–H and O–H groups in total. The molecule has 0 fully saturated rings. The van der Waals surface area contributed by atoms with Crippen molar-refractivity contribution in [3.63, 3.8) is 0 Å². The Labute approximate surface area is 100 Å². The molecule has 1 aromatic heterocycles. The van der Waals surface area contributed by atoms with Crippen molar-refractivity contribution in [1.29, 1.82) is 0 Å². The first-order valence-corrected chi connectivity index (χ1v) is 5.52. The molecule has 2 aromatic rings. The van der Waals surface area contributed by atoms with Gasteiger partial charge in [0.2, 0.25) is 0 Å². The van der Waals surface area contributed by atoms with Crippen molar-refractivity contribution in [2.45, 2.75) is 19.9 Å². The number of aryl methyl sites for hydroxylation is 2. The summed E-state index contributed by atoms with van der Waals surface area (Å²) in [5.41, 5.74) is 10.2. The number of pyridine rings is 1. The molecule has 1 unspecified atom stereocenters. The third kappa shape index (κ3) is 2.50. The van der Waals surface area contributed by atoms with E-state index in [9.17, 15) is 4.39 Å². The van der Waals surface area contributed by atoms with Crippen LogP contribution in [-0.2, 0) is 0 Å². The number of nitrogens with two attached hydrogens (primary N) is 1. The Bertz CT molecular complexity index is 520. The fraction of sp³-hybridized carbons (Fsp3) is 0.214. The molecule has 0 saturated carbocycles. The lowest BCUT2D eigenvalue weighted by molar-refractivity contribution is 0.617. The van der Waals surface area contributed by atoms with Gasteiger partial charge in [0.1, 0.15) is 5.82 Å². The summed E-state index contributed by atoms with van der Waals surface area (Å²) in [7, 11) is 0. The van der Waals surface area contributed by atoms with Crippen LogP contribution in [0, 0.1) is 19.7 Å². The van der Waals surface area contributed by atoms with Crippen molar-refractivity contribution < 1.29 is 4.39 Å². The van der Waals surface area contributed by atoms with Crippen LogP contribution >= 0.6 is 0 Å². The Kier molecular flexibility index (Phi) is 3.20. The molecule has 0 aliphatic heterocycles. The van der Waals surface area contributed by atoms with Gasteiger partial charge in [0, 0.05) is 0 Å². The zero-order valence-electron chi connectivity index (χ0n) is 9.94. The van der Waals surface area contributed by atoms with E-state index in [1.807, 2.05) is 26.0 Å². The zero-order valence-corrected chi connectivity index (χ0v) is 9.94. The normalized spacial score (nSPS) is 12.5. The number of rotatable bonds is 2. The second kappa shape index (κ2) is 4.63. The van der Waals surface area contributed by atoms with Gasteiger partial charge in [-0.1, -0.05) is 23.8 Å². The predicted molar refractivity (Wildman–Crippen MR) is 66.1 cm³/mol. The molecule has 3 heteroatoms.